The Labute approximate surface area is 213 Å². The molecule has 2 saturated carbocycles. The Morgan fingerprint density at radius 3 is 2.19 bits per heavy atom. The maximum Gasteiger partial charge on any atom is 0.309 e. The van der Waals surface area contributed by atoms with E-state index in [0.29, 0.717) is 13.0 Å². The summed E-state index contributed by atoms with van der Waals surface area (Å²) in [5.74, 6) is -1.91. The van der Waals surface area contributed by atoms with Crippen molar-refractivity contribution < 1.29 is 42.7 Å². The van der Waals surface area contributed by atoms with Crippen LogP contribution in [0.25, 0.3) is 0 Å². The molecule has 9 heteroatoms. The molecule has 36 heavy (non-hydrogen) atoms. The second-order valence-electron chi connectivity index (χ2n) is 10.8. The molecule has 9 nitrogen and oxygen atoms in total. The molecule has 3 heterocycles. The molecule has 0 aromatic carbocycles. The van der Waals surface area contributed by atoms with E-state index >= 15 is 0 Å². The van der Waals surface area contributed by atoms with Crippen molar-refractivity contribution in [2.24, 2.45) is 0 Å². The number of carbonyl (C=O) groups is 2. The number of hydrogen-bond acceptors (Lipinski definition) is 9. The SMILES string of the molecule is COC(=O)C/C=C/C[C@@H]1OC([C@@H]2COC3(CCCCC3)O2)[C@H]2OC3(CCCCC3)O[C@H]2[C@H]1OC(C)=O. The Hall–Kier alpha value is -1.52. The van der Waals surface area contributed by atoms with Crippen molar-refractivity contribution in [3.8, 4) is 0 Å². The van der Waals surface area contributed by atoms with Gasteiger partial charge < -0.3 is 33.2 Å². The zero-order valence-corrected chi connectivity index (χ0v) is 21.5. The molecule has 0 amide bonds. The van der Waals surface area contributed by atoms with Crippen molar-refractivity contribution in [1.29, 1.82) is 0 Å². The molecule has 202 valence electrons. The molecule has 6 atom stereocenters. The smallest absolute Gasteiger partial charge is 0.309 e. The van der Waals surface area contributed by atoms with E-state index in [1.165, 1.54) is 20.5 Å². The number of esters is 2. The molecule has 5 aliphatic rings. The van der Waals surface area contributed by atoms with Gasteiger partial charge in [0.2, 0.25) is 0 Å². The third-order valence-electron chi connectivity index (χ3n) is 8.19. The fourth-order valence-corrected chi connectivity index (χ4v) is 6.47. The lowest BCUT2D eigenvalue weighted by Gasteiger charge is -2.43. The first-order valence-electron chi connectivity index (χ1n) is 13.6. The number of ether oxygens (including phenoxy) is 7. The minimum Gasteiger partial charge on any atom is -0.469 e. The third-order valence-corrected chi connectivity index (χ3v) is 8.19. The Bertz CT molecular complexity index is 814. The van der Waals surface area contributed by atoms with Crippen LogP contribution in [0.15, 0.2) is 12.2 Å². The molecule has 2 aliphatic carbocycles. The van der Waals surface area contributed by atoms with E-state index in [1.54, 1.807) is 6.08 Å². The van der Waals surface area contributed by atoms with E-state index in [9.17, 15) is 9.59 Å². The summed E-state index contributed by atoms with van der Waals surface area (Å²) < 4.78 is 43.3. The van der Waals surface area contributed by atoms with Crippen molar-refractivity contribution in [2.45, 2.75) is 132 Å². The molecule has 2 spiro atoms. The Balaban J connectivity index is 1.38. The fraction of sp³-hybridized carbons (Fsp3) is 0.852. The maximum atomic E-state index is 12.1. The minimum atomic E-state index is -0.675. The lowest BCUT2D eigenvalue weighted by atomic mass is 9.90. The van der Waals surface area contributed by atoms with Gasteiger partial charge in [-0.1, -0.05) is 25.0 Å². The normalized spacial score (nSPS) is 37.3. The maximum absolute atomic E-state index is 12.1. The van der Waals surface area contributed by atoms with Crippen molar-refractivity contribution in [3.63, 3.8) is 0 Å². The third kappa shape index (κ3) is 5.50. The van der Waals surface area contributed by atoms with Crippen LogP contribution in [0.2, 0.25) is 0 Å². The molecule has 0 aromatic rings. The van der Waals surface area contributed by atoms with Gasteiger partial charge in [-0.25, -0.2) is 0 Å². The van der Waals surface area contributed by atoms with Gasteiger partial charge in [0.05, 0.1) is 20.1 Å². The highest BCUT2D eigenvalue weighted by Gasteiger charge is 2.62. The monoisotopic (exact) mass is 508 g/mol. The molecule has 3 saturated heterocycles. The molecular formula is C27H40O9. The summed E-state index contributed by atoms with van der Waals surface area (Å²) in [5.41, 5.74) is 0. The van der Waals surface area contributed by atoms with Crippen molar-refractivity contribution in [2.75, 3.05) is 13.7 Å². The lowest BCUT2D eigenvalue weighted by Crippen LogP contribution is -2.61. The van der Waals surface area contributed by atoms with Crippen LogP contribution >= 0.6 is 0 Å². The molecule has 0 N–H and O–H groups in total. The number of hydrogen-bond donors (Lipinski definition) is 0. The van der Waals surface area contributed by atoms with Crippen molar-refractivity contribution in [3.05, 3.63) is 12.2 Å². The Kier molecular flexibility index (Phi) is 8.03. The average molecular weight is 509 g/mol. The van der Waals surface area contributed by atoms with E-state index in [0.717, 1.165) is 57.8 Å². The molecule has 1 unspecified atom stereocenters. The summed E-state index contributed by atoms with van der Waals surface area (Å²) in [6.07, 6.45) is 11.6. The summed E-state index contributed by atoms with van der Waals surface area (Å²) in [6.45, 7) is 1.84. The first kappa shape index (κ1) is 26.1. The highest BCUT2D eigenvalue weighted by atomic mass is 16.8. The average Bonchev–Trinajstić information content (AvgIpc) is 3.45. The summed E-state index contributed by atoms with van der Waals surface area (Å²) >= 11 is 0. The molecule has 0 bridgehead atoms. The van der Waals surface area contributed by atoms with Gasteiger partial charge in [0.1, 0.15) is 30.5 Å². The largest absolute Gasteiger partial charge is 0.469 e. The van der Waals surface area contributed by atoms with Gasteiger partial charge in [0.15, 0.2) is 17.7 Å². The van der Waals surface area contributed by atoms with Crippen LogP contribution in [-0.2, 0) is 42.7 Å². The van der Waals surface area contributed by atoms with Crippen LogP contribution in [0, 0.1) is 0 Å². The Morgan fingerprint density at radius 1 is 0.861 bits per heavy atom. The van der Waals surface area contributed by atoms with Crippen molar-refractivity contribution in [1.82, 2.24) is 0 Å². The zero-order chi connectivity index (χ0) is 25.2. The Morgan fingerprint density at radius 2 is 1.53 bits per heavy atom. The van der Waals surface area contributed by atoms with Crippen molar-refractivity contribution >= 4 is 11.9 Å². The van der Waals surface area contributed by atoms with E-state index in [1.807, 2.05) is 6.08 Å². The molecular weight excluding hydrogens is 468 g/mol. The second-order valence-corrected chi connectivity index (χ2v) is 10.8. The van der Waals surface area contributed by atoms with Crippen LogP contribution in [0.3, 0.4) is 0 Å². The number of carbonyl (C=O) groups excluding carboxylic acids is 2. The van der Waals surface area contributed by atoms with Gasteiger partial charge >= 0.3 is 11.9 Å². The quantitative estimate of drug-likeness (QED) is 0.393. The topological polar surface area (TPSA) is 98.8 Å². The summed E-state index contributed by atoms with van der Waals surface area (Å²) in [5, 5.41) is 0. The van der Waals surface area contributed by atoms with Gasteiger partial charge in [0, 0.05) is 32.6 Å². The lowest BCUT2D eigenvalue weighted by molar-refractivity contribution is -0.243. The first-order chi connectivity index (χ1) is 17.4. The van der Waals surface area contributed by atoms with Gasteiger partial charge in [0.25, 0.3) is 0 Å². The van der Waals surface area contributed by atoms with Crippen LogP contribution < -0.4 is 0 Å². The molecule has 0 radical (unpaired) electrons. The molecule has 5 fully saturated rings. The summed E-state index contributed by atoms with van der Waals surface area (Å²) in [4.78, 5) is 23.6. The summed E-state index contributed by atoms with van der Waals surface area (Å²) in [7, 11) is 1.36. The van der Waals surface area contributed by atoms with Gasteiger partial charge in [-0.15, -0.1) is 0 Å². The predicted octanol–water partition coefficient (Wildman–Crippen LogP) is 3.72. The molecule has 5 rings (SSSR count). The van der Waals surface area contributed by atoms with E-state index in [2.05, 4.69) is 0 Å². The standard InChI is InChI=1S/C27H40O9/c1-18(28)32-22-19(11-5-6-12-21(29)30-2)33-23(20-17-31-26(34-20)13-7-3-8-14-26)25-24(22)35-27(36-25)15-9-4-10-16-27/h5-6,19-20,22-25H,3-4,7-17H2,1-2H3/b6-5+/t19-,20-,22-,23?,24-,25+/m0/s1. The highest BCUT2D eigenvalue weighted by Crippen LogP contribution is 2.48. The predicted molar refractivity (Wildman–Crippen MR) is 127 cm³/mol. The number of methoxy groups -OCH3 is 1. The van der Waals surface area contributed by atoms with Crippen LogP contribution in [0.5, 0.6) is 0 Å². The van der Waals surface area contributed by atoms with Crippen LogP contribution in [0.4, 0.5) is 0 Å². The minimum absolute atomic E-state index is 0.168. The summed E-state index contributed by atoms with van der Waals surface area (Å²) in [6, 6.07) is 0. The van der Waals surface area contributed by atoms with Crippen LogP contribution in [0.1, 0.15) is 84.0 Å². The number of rotatable bonds is 6. The zero-order valence-electron chi connectivity index (χ0n) is 21.5. The highest BCUT2D eigenvalue weighted by molar-refractivity contribution is 5.70. The first-order valence-corrected chi connectivity index (χ1v) is 13.6. The fourth-order valence-electron chi connectivity index (χ4n) is 6.47. The van der Waals surface area contributed by atoms with Gasteiger partial charge in [-0.3, -0.25) is 9.59 Å². The van der Waals surface area contributed by atoms with Gasteiger partial charge in [-0.2, -0.15) is 0 Å². The van der Waals surface area contributed by atoms with E-state index < -0.39 is 42.1 Å². The van der Waals surface area contributed by atoms with E-state index in [-0.39, 0.29) is 24.5 Å². The molecule has 3 aliphatic heterocycles. The van der Waals surface area contributed by atoms with E-state index in [4.69, 9.17) is 33.2 Å². The van der Waals surface area contributed by atoms with Crippen LogP contribution in [-0.4, -0.2) is 73.9 Å². The van der Waals surface area contributed by atoms with Gasteiger partial charge in [-0.05, 0) is 32.1 Å². The number of fused-ring (bicyclic) bond motifs is 1. The second kappa shape index (κ2) is 11.1. The molecule has 0 aromatic heterocycles.